The Morgan fingerprint density at radius 1 is 1.00 bits per heavy atom. The standard InChI is InChI=1S/C12H22OS/c1-8-3-9(2)5-10(4-8)11-6-14-7-12(11)13/h8-13H,3-7H2,1-2H3. The lowest BCUT2D eigenvalue weighted by Crippen LogP contribution is -2.32. The second kappa shape index (κ2) is 4.44. The Bertz CT molecular complexity index is 185. The number of aliphatic hydroxyl groups is 1. The fraction of sp³-hybridized carbons (Fsp3) is 1.00. The zero-order valence-corrected chi connectivity index (χ0v) is 10.1. The SMILES string of the molecule is CC1CC(C)CC(C2CSCC2O)C1. The summed E-state index contributed by atoms with van der Waals surface area (Å²) in [7, 11) is 0. The average Bonchev–Trinajstić information content (AvgIpc) is 2.49. The Morgan fingerprint density at radius 3 is 2.14 bits per heavy atom. The van der Waals surface area contributed by atoms with Crippen LogP contribution in [0.1, 0.15) is 33.1 Å². The highest BCUT2D eigenvalue weighted by atomic mass is 32.2. The fourth-order valence-electron chi connectivity index (χ4n) is 3.37. The molecule has 1 nitrogen and oxygen atoms in total. The van der Waals surface area contributed by atoms with Crippen LogP contribution in [0, 0.1) is 23.7 Å². The molecule has 0 aromatic heterocycles. The molecule has 2 rings (SSSR count). The minimum Gasteiger partial charge on any atom is -0.392 e. The molecule has 0 amide bonds. The molecule has 2 fully saturated rings. The maximum Gasteiger partial charge on any atom is 0.0669 e. The largest absolute Gasteiger partial charge is 0.392 e. The summed E-state index contributed by atoms with van der Waals surface area (Å²) in [5.74, 6) is 5.34. The molecule has 1 heterocycles. The lowest BCUT2D eigenvalue weighted by Gasteiger charge is -2.35. The van der Waals surface area contributed by atoms with Crippen molar-refractivity contribution in [2.24, 2.45) is 23.7 Å². The molecule has 0 radical (unpaired) electrons. The van der Waals surface area contributed by atoms with E-state index in [1.54, 1.807) is 0 Å². The quantitative estimate of drug-likeness (QED) is 0.724. The lowest BCUT2D eigenvalue weighted by molar-refractivity contribution is 0.0737. The maximum absolute atomic E-state index is 9.89. The van der Waals surface area contributed by atoms with Crippen LogP contribution >= 0.6 is 11.8 Å². The summed E-state index contributed by atoms with van der Waals surface area (Å²) in [4.78, 5) is 0. The monoisotopic (exact) mass is 214 g/mol. The minimum absolute atomic E-state index is 0.0116. The van der Waals surface area contributed by atoms with E-state index in [1.807, 2.05) is 11.8 Å². The first-order valence-electron chi connectivity index (χ1n) is 5.92. The number of thioether (sulfide) groups is 1. The molecular weight excluding hydrogens is 192 g/mol. The predicted molar refractivity (Wildman–Crippen MR) is 62.5 cm³/mol. The molecule has 82 valence electrons. The van der Waals surface area contributed by atoms with Gasteiger partial charge in [0, 0.05) is 5.75 Å². The summed E-state index contributed by atoms with van der Waals surface area (Å²) in [5.41, 5.74) is 0. The molecule has 4 atom stereocenters. The first kappa shape index (κ1) is 10.8. The highest BCUT2D eigenvalue weighted by molar-refractivity contribution is 7.99. The van der Waals surface area contributed by atoms with Crippen molar-refractivity contribution >= 4 is 11.8 Å². The van der Waals surface area contributed by atoms with Gasteiger partial charge in [-0.15, -0.1) is 0 Å². The molecule has 1 saturated heterocycles. The van der Waals surface area contributed by atoms with E-state index in [4.69, 9.17) is 0 Å². The Balaban J connectivity index is 1.95. The van der Waals surface area contributed by atoms with Crippen molar-refractivity contribution in [3.8, 4) is 0 Å². The smallest absolute Gasteiger partial charge is 0.0669 e. The zero-order chi connectivity index (χ0) is 10.1. The Hall–Kier alpha value is 0.310. The second-order valence-corrected chi connectivity index (χ2v) is 6.52. The summed E-state index contributed by atoms with van der Waals surface area (Å²) in [6.45, 7) is 4.74. The molecule has 0 spiro atoms. The third-order valence-corrected chi connectivity index (χ3v) is 5.11. The molecule has 0 aromatic rings. The van der Waals surface area contributed by atoms with Gasteiger partial charge in [0.2, 0.25) is 0 Å². The number of aliphatic hydroxyl groups excluding tert-OH is 1. The van der Waals surface area contributed by atoms with E-state index in [2.05, 4.69) is 13.8 Å². The summed E-state index contributed by atoms with van der Waals surface area (Å²) >= 11 is 1.94. The van der Waals surface area contributed by atoms with Gasteiger partial charge < -0.3 is 5.11 Å². The van der Waals surface area contributed by atoms with Crippen molar-refractivity contribution in [2.75, 3.05) is 11.5 Å². The van der Waals surface area contributed by atoms with Gasteiger partial charge in [-0.25, -0.2) is 0 Å². The van der Waals surface area contributed by atoms with Gasteiger partial charge in [0.05, 0.1) is 6.10 Å². The fourth-order valence-corrected chi connectivity index (χ4v) is 4.76. The van der Waals surface area contributed by atoms with Crippen molar-refractivity contribution in [3.63, 3.8) is 0 Å². The third kappa shape index (κ3) is 2.27. The first-order valence-corrected chi connectivity index (χ1v) is 7.08. The van der Waals surface area contributed by atoms with E-state index in [0.717, 1.165) is 23.5 Å². The molecular formula is C12H22OS. The van der Waals surface area contributed by atoms with Gasteiger partial charge in [-0.1, -0.05) is 13.8 Å². The van der Waals surface area contributed by atoms with Gasteiger partial charge in [-0.2, -0.15) is 11.8 Å². The van der Waals surface area contributed by atoms with Crippen molar-refractivity contribution < 1.29 is 5.11 Å². The van der Waals surface area contributed by atoms with Gasteiger partial charge in [-0.05, 0) is 48.7 Å². The van der Waals surface area contributed by atoms with Gasteiger partial charge in [0.1, 0.15) is 0 Å². The summed E-state index contributed by atoms with van der Waals surface area (Å²) in [6.07, 6.45) is 4.09. The molecule has 0 bridgehead atoms. The summed E-state index contributed by atoms with van der Waals surface area (Å²) in [6, 6.07) is 0. The zero-order valence-electron chi connectivity index (χ0n) is 9.28. The van der Waals surface area contributed by atoms with E-state index in [-0.39, 0.29) is 6.10 Å². The highest BCUT2D eigenvalue weighted by Crippen LogP contribution is 2.41. The van der Waals surface area contributed by atoms with Crippen LogP contribution in [0.5, 0.6) is 0 Å². The molecule has 14 heavy (non-hydrogen) atoms. The van der Waals surface area contributed by atoms with E-state index in [9.17, 15) is 5.11 Å². The summed E-state index contributed by atoms with van der Waals surface area (Å²) in [5, 5.41) is 9.89. The van der Waals surface area contributed by atoms with Crippen LogP contribution in [0.2, 0.25) is 0 Å². The minimum atomic E-state index is -0.0116. The van der Waals surface area contributed by atoms with Gasteiger partial charge in [0.25, 0.3) is 0 Å². The van der Waals surface area contributed by atoms with Crippen molar-refractivity contribution in [1.29, 1.82) is 0 Å². The van der Waals surface area contributed by atoms with Crippen LogP contribution in [0.25, 0.3) is 0 Å². The Labute approximate surface area is 91.7 Å². The van der Waals surface area contributed by atoms with E-state index in [0.29, 0.717) is 5.92 Å². The molecule has 4 unspecified atom stereocenters. The molecule has 0 aromatic carbocycles. The number of rotatable bonds is 1. The number of hydrogen-bond donors (Lipinski definition) is 1. The van der Waals surface area contributed by atoms with Crippen molar-refractivity contribution in [3.05, 3.63) is 0 Å². The van der Waals surface area contributed by atoms with Gasteiger partial charge in [-0.3, -0.25) is 0 Å². The van der Waals surface area contributed by atoms with Crippen molar-refractivity contribution in [2.45, 2.75) is 39.2 Å². The second-order valence-electron chi connectivity index (χ2n) is 5.45. The van der Waals surface area contributed by atoms with Crippen LogP contribution in [0.3, 0.4) is 0 Å². The summed E-state index contributed by atoms with van der Waals surface area (Å²) < 4.78 is 0. The molecule has 2 heteroatoms. The Morgan fingerprint density at radius 2 is 1.64 bits per heavy atom. The highest BCUT2D eigenvalue weighted by Gasteiger charge is 2.36. The van der Waals surface area contributed by atoms with Gasteiger partial charge >= 0.3 is 0 Å². The van der Waals surface area contributed by atoms with E-state index >= 15 is 0 Å². The van der Waals surface area contributed by atoms with Crippen molar-refractivity contribution in [1.82, 2.24) is 0 Å². The first-order chi connectivity index (χ1) is 6.66. The van der Waals surface area contributed by atoms with E-state index in [1.165, 1.54) is 25.0 Å². The topological polar surface area (TPSA) is 20.2 Å². The lowest BCUT2D eigenvalue weighted by atomic mass is 9.71. The van der Waals surface area contributed by atoms with Crippen LogP contribution < -0.4 is 0 Å². The van der Waals surface area contributed by atoms with Crippen LogP contribution in [0.15, 0.2) is 0 Å². The Kier molecular flexibility index (Phi) is 3.43. The molecule has 1 aliphatic carbocycles. The van der Waals surface area contributed by atoms with E-state index < -0.39 is 0 Å². The molecule has 1 saturated carbocycles. The molecule has 2 aliphatic rings. The maximum atomic E-state index is 9.89. The van der Waals surface area contributed by atoms with Crippen LogP contribution in [-0.2, 0) is 0 Å². The predicted octanol–water partition coefficient (Wildman–Crippen LogP) is 2.78. The van der Waals surface area contributed by atoms with Crippen LogP contribution in [-0.4, -0.2) is 22.7 Å². The van der Waals surface area contributed by atoms with Gasteiger partial charge in [0.15, 0.2) is 0 Å². The third-order valence-electron chi connectivity index (χ3n) is 3.91. The normalized spacial score (nSPS) is 49.5. The molecule has 1 N–H and O–H groups in total. The molecule has 1 aliphatic heterocycles. The average molecular weight is 214 g/mol. The number of hydrogen-bond acceptors (Lipinski definition) is 2. The van der Waals surface area contributed by atoms with Crippen LogP contribution in [0.4, 0.5) is 0 Å².